The summed E-state index contributed by atoms with van der Waals surface area (Å²) in [4.78, 5) is 0. The maximum absolute atomic E-state index is 6.03. The first-order valence-corrected chi connectivity index (χ1v) is 8.33. The van der Waals surface area contributed by atoms with Crippen LogP contribution in [0.15, 0.2) is 0 Å². The first-order chi connectivity index (χ1) is 6.95. The average Bonchev–Trinajstić information content (AvgIpc) is 2.00. The van der Waals surface area contributed by atoms with E-state index < -0.39 is 14.5 Å². The normalized spacial score (nSPS) is 13.6. The van der Waals surface area contributed by atoms with Crippen molar-refractivity contribution in [3.63, 3.8) is 0 Å². The average molecular weight is 230 g/mol. The van der Waals surface area contributed by atoms with Crippen LogP contribution in [0.25, 0.3) is 0 Å². The number of hydrogen-bond donors (Lipinski definition) is 0. The molecule has 0 fully saturated rings. The lowest BCUT2D eigenvalue weighted by Gasteiger charge is -2.21. The van der Waals surface area contributed by atoms with Crippen molar-refractivity contribution in [3.05, 3.63) is 0 Å². The lowest BCUT2D eigenvalue weighted by molar-refractivity contribution is -0.0649. The highest BCUT2D eigenvalue weighted by molar-refractivity contribution is 6.51. The van der Waals surface area contributed by atoms with Crippen LogP contribution in [0.2, 0.25) is 10.6 Å². The van der Waals surface area contributed by atoms with Crippen LogP contribution in [0.3, 0.4) is 0 Å². The molecule has 0 radical (unpaired) electrons. The fraction of sp³-hybridized carbons (Fsp3) is 1.00. The molecule has 0 aliphatic rings. The summed E-state index contributed by atoms with van der Waals surface area (Å²) >= 11 is -1.06. The van der Waals surface area contributed by atoms with Crippen molar-refractivity contribution >= 4 is 14.5 Å². The first-order valence-electron chi connectivity index (χ1n) is 6.22. The van der Waals surface area contributed by atoms with Crippen LogP contribution in [0, 0.1) is 11.8 Å². The highest BCUT2D eigenvalue weighted by Crippen LogP contribution is 2.17. The van der Waals surface area contributed by atoms with Gasteiger partial charge in [0.25, 0.3) is 0 Å². The van der Waals surface area contributed by atoms with Gasteiger partial charge in [-0.2, -0.15) is 0 Å². The third-order valence-electron chi connectivity index (χ3n) is 2.25. The zero-order chi connectivity index (χ0) is 11.8. The number of ether oxygens (including phenoxy) is 1. The Balaban J connectivity index is 3.99. The molecule has 90 valence electrons. The van der Waals surface area contributed by atoms with Crippen LogP contribution in [0.1, 0.15) is 41.5 Å². The zero-order valence-corrected chi connectivity index (χ0v) is 12.4. The van der Waals surface area contributed by atoms with Gasteiger partial charge in [0.2, 0.25) is 0 Å². The van der Waals surface area contributed by atoms with Gasteiger partial charge in [0.1, 0.15) is 6.29 Å². The van der Waals surface area contributed by atoms with Crippen molar-refractivity contribution in [1.29, 1.82) is 0 Å². The Bertz CT molecular complexity index is 139. The molecule has 0 spiro atoms. The van der Waals surface area contributed by atoms with Crippen molar-refractivity contribution in [2.24, 2.45) is 11.8 Å². The van der Waals surface area contributed by atoms with Gasteiger partial charge in [0.05, 0.1) is 0 Å². The largest absolute Gasteiger partial charge is 0.478 e. The van der Waals surface area contributed by atoms with Gasteiger partial charge in [-0.25, -0.2) is 0 Å². The summed E-state index contributed by atoms with van der Waals surface area (Å²) in [7, 11) is 0. The van der Waals surface area contributed by atoms with Gasteiger partial charge in [0.15, 0.2) is 0 Å². The van der Waals surface area contributed by atoms with Crippen molar-refractivity contribution in [2.45, 2.75) is 58.4 Å². The quantitative estimate of drug-likeness (QED) is 0.467. The number of hydrogen-bond acceptors (Lipinski definition) is 2. The van der Waals surface area contributed by atoms with Crippen LogP contribution in [0.5, 0.6) is 0 Å². The van der Waals surface area contributed by atoms with E-state index in [2.05, 4.69) is 27.7 Å². The maximum atomic E-state index is 6.03. The fourth-order valence-corrected chi connectivity index (χ4v) is 4.94. The summed E-state index contributed by atoms with van der Waals surface area (Å²) < 4.78 is 11.5. The molecule has 0 aliphatic carbocycles. The molecular formula is C12H27AlO2. The molecule has 3 heteroatoms. The molecule has 0 aromatic rings. The highest BCUT2D eigenvalue weighted by atomic mass is 27.2. The number of rotatable bonds is 8. The van der Waals surface area contributed by atoms with Gasteiger partial charge in [-0.1, -0.05) is 50.1 Å². The molecule has 0 heterocycles. The fourth-order valence-electron chi connectivity index (χ4n) is 1.80. The van der Waals surface area contributed by atoms with Crippen molar-refractivity contribution < 1.29 is 8.53 Å². The zero-order valence-electron chi connectivity index (χ0n) is 11.2. The third kappa shape index (κ3) is 9.39. The Morgan fingerprint density at radius 1 is 0.933 bits per heavy atom. The van der Waals surface area contributed by atoms with E-state index in [9.17, 15) is 0 Å². The van der Waals surface area contributed by atoms with E-state index >= 15 is 0 Å². The predicted octanol–water partition coefficient (Wildman–Crippen LogP) is 3.69. The molecule has 1 unspecified atom stereocenters. The van der Waals surface area contributed by atoms with Gasteiger partial charge in [-0.05, 0) is 13.8 Å². The first kappa shape index (κ1) is 15.5. The topological polar surface area (TPSA) is 18.5 Å². The van der Waals surface area contributed by atoms with E-state index in [1.165, 1.54) is 10.6 Å². The smallest absolute Gasteiger partial charge is 0.463 e. The van der Waals surface area contributed by atoms with Crippen LogP contribution in [-0.4, -0.2) is 27.4 Å². The molecule has 0 rings (SSSR count). The van der Waals surface area contributed by atoms with Gasteiger partial charge < -0.3 is 8.53 Å². The lowest BCUT2D eigenvalue weighted by Crippen LogP contribution is -2.28. The molecule has 15 heavy (non-hydrogen) atoms. The van der Waals surface area contributed by atoms with E-state index in [1.807, 2.05) is 13.8 Å². The van der Waals surface area contributed by atoms with E-state index in [0.29, 0.717) is 0 Å². The van der Waals surface area contributed by atoms with Gasteiger partial charge in [-0.15, -0.1) is 0 Å². The molecule has 0 aromatic carbocycles. The molecule has 1 atom stereocenters. The Morgan fingerprint density at radius 2 is 1.40 bits per heavy atom. The van der Waals surface area contributed by atoms with Crippen LogP contribution < -0.4 is 0 Å². The Labute approximate surface area is 100 Å². The minimum Gasteiger partial charge on any atom is -0.478 e. The molecule has 0 N–H and O–H groups in total. The summed E-state index contributed by atoms with van der Waals surface area (Å²) in [6.45, 7) is 13.9. The summed E-state index contributed by atoms with van der Waals surface area (Å²) in [5, 5.41) is 2.52. The molecule has 0 aromatic heterocycles. The predicted molar refractivity (Wildman–Crippen MR) is 67.2 cm³/mol. The third-order valence-corrected chi connectivity index (χ3v) is 5.96. The molecule has 0 amide bonds. The Kier molecular flexibility index (Phi) is 8.85. The van der Waals surface area contributed by atoms with Crippen molar-refractivity contribution in [3.8, 4) is 0 Å². The second-order valence-electron chi connectivity index (χ2n) is 5.04. The molecule has 0 saturated heterocycles. The monoisotopic (exact) mass is 230 g/mol. The van der Waals surface area contributed by atoms with E-state index in [4.69, 9.17) is 8.53 Å². The Hall–Kier alpha value is 0.452. The van der Waals surface area contributed by atoms with Crippen molar-refractivity contribution in [1.82, 2.24) is 0 Å². The summed E-state index contributed by atoms with van der Waals surface area (Å²) in [5.41, 5.74) is 0. The SMILES string of the molecule is CCOC(C)[O][Al]([CH2]C(C)C)[CH2]C(C)C. The van der Waals surface area contributed by atoms with Gasteiger partial charge in [0, 0.05) is 6.61 Å². The van der Waals surface area contributed by atoms with Crippen LogP contribution in [0.4, 0.5) is 0 Å². The molecular weight excluding hydrogens is 203 g/mol. The second kappa shape index (κ2) is 8.59. The molecule has 0 aliphatic heterocycles. The second-order valence-corrected chi connectivity index (χ2v) is 7.50. The van der Waals surface area contributed by atoms with Gasteiger partial charge in [-0.3, -0.25) is 0 Å². The molecule has 2 nitrogen and oxygen atoms in total. The van der Waals surface area contributed by atoms with E-state index in [-0.39, 0.29) is 6.29 Å². The van der Waals surface area contributed by atoms with Crippen LogP contribution in [-0.2, 0) is 8.53 Å². The van der Waals surface area contributed by atoms with Crippen molar-refractivity contribution in [2.75, 3.05) is 6.61 Å². The van der Waals surface area contributed by atoms with E-state index in [1.54, 1.807) is 0 Å². The minimum atomic E-state index is -1.06. The lowest BCUT2D eigenvalue weighted by atomic mass is 10.3. The molecule has 0 saturated carbocycles. The summed E-state index contributed by atoms with van der Waals surface area (Å²) in [6, 6.07) is 0. The molecule has 0 bridgehead atoms. The van der Waals surface area contributed by atoms with E-state index in [0.717, 1.165) is 18.4 Å². The Morgan fingerprint density at radius 3 is 1.73 bits per heavy atom. The maximum Gasteiger partial charge on any atom is 0.463 e. The standard InChI is InChI=1S/C4H9O2.2C4H9.Al/c1-3-6-4(2)5;2*1-4(2)3;/h4H,3H2,1-2H3;2*4H,1H2,2-3H3;/q-1;;;+1. The van der Waals surface area contributed by atoms with Crippen LogP contribution >= 0.6 is 0 Å². The summed E-state index contributed by atoms with van der Waals surface area (Å²) in [6.07, 6.45) is -0.0100. The highest BCUT2D eigenvalue weighted by Gasteiger charge is 2.25. The van der Waals surface area contributed by atoms with Gasteiger partial charge >= 0.3 is 14.5 Å². The summed E-state index contributed by atoms with van der Waals surface area (Å²) in [5.74, 6) is 1.49. The minimum absolute atomic E-state index is 0.0100.